The van der Waals surface area contributed by atoms with E-state index >= 15 is 0 Å². The molecule has 35 heavy (non-hydrogen) atoms. The number of oxazole rings is 1. The minimum Gasteiger partial charge on any atom is -0.435 e. The van der Waals surface area contributed by atoms with E-state index in [2.05, 4.69) is 20.3 Å². The third-order valence-corrected chi connectivity index (χ3v) is 5.74. The summed E-state index contributed by atoms with van der Waals surface area (Å²) in [5, 5.41) is 15.1. The maximum atomic E-state index is 14.5. The van der Waals surface area contributed by atoms with Crippen molar-refractivity contribution >= 4 is 45.0 Å². The molecule has 5 aromatic rings. The van der Waals surface area contributed by atoms with Gasteiger partial charge in [0.05, 0.1) is 11.6 Å². The summed E-state index contributed by atoms with van der Waals surface area (Å²) in [5.41, 5.74) is 7.59. The Morgan fingerprint density at radius 2 is 1.94 bits per heavy atom. The minimum absolute atomic E-state index is 0.0947. The van der Waals surface area contributed by atoms with Crippen molar-refractivity contribution in [3.63, 3.8) is 0 Å². The minimum atomic E-state index is -0.525. The second-order valence-electron chi connectivity index (χ2n) is 7.96. The summed E-state index contributed by atoms with van der Waals surface area (Å²) >= 11 is 5.97. The van der Waals surface area contributed by atoms with Gasteiger partial charge >= 0.3 is 0 Å². The summed E-state index contributed by atoms with van der Waals surface area (Å²) in [5.74, 6) is -0.522. The van der Waals surface area contributed by atoms with Crippen LogP contribution >= 0.6 is 11.6 Å². The van der Waals surface area contributed by atoms with E-state index in [1.165, 1.54) is 12.3 Å². The van der Waals surface area contributed by atoms with Gasteiger partial charge in [-0.05, 0) is 46.8 Å². The molecule has 3 aromatic heterocycles. The molecule has 0 radical (unpaired) electrons. The van der Waals surface area contributed by atoms with Crippen LogP contribution in [0.4, 0.5) is 10.2 Å². The van der Waals surface area contributed by atoms with Crippen LogP contribution in [0, 0.1) is 5.82 Å². The molecule has 8 nitrogen and oxygen atoms in total. The summed E-state index contributed by atoms with van der Waals surface area (Å²) < 4.78 is 20.1. The smallest absolute Gasteiger partial charge is 0.289 e. The second-order valence-corrected chi connectivity index (χ2v) is 8.39. The molecule has 0 atom stereocenters. The number of nitrogens with zero attached hydrogens (tertiary/aromatic N) is 3. The molecule has 0 aliphatic rings. The molecule has 2 aromatic carbocycles. The Balaban J connectivity index is 1.34. The average Bonchev–Trinajstić information content (AvgIpc) is 3.25. The predicted octanol–water partition coefficient (Wildman–Crippen LogP) is 4.16. The third-order valence-electron chi connectivity index (χ3n) is 5.53. The molecule has 1 amide bonds. The lowest BCUT2D eigenvalue weighted by molar-refractivity contribution is 0.0917. The van der Waals surface area contributed by atoms with Crippen LogP contribution in [0.2, 0.25) is 5.02 Å². The molecular formula is C25H19ClFN5O3. The van der Waals surface area contributed by atoms with Crippen LogP contribution in [0.1, 0.15) is 33.3 Å². The van der Waals surface area contributed by atoms with Gasteiger partial charge in [0, 0.05) is 36.1 Å². The summed E-state index contributed by atoms with van der Waals surface area (Å²) in [6.45, 7) is -0.262. The number of carbonyl (C=O) groups excluding carboxylic acids is 1. The maximum Gasteiger partial charge on any atom is 0.289 e. The molecule has 0 fully saturated rings. The van der Waals surface area contributed by atoms with Crippen molar-refractivity contribution in [2.24, 2.45) is 0 Å². The Labute approximate surface area is 203 Å². The fourth-order valence-corrected chi connectivity index (χ4v) is 4.06. The van der Waals surface area contributed by atoms with Gasteiger partial charge in [0.2, 0.25) is 5.76 Å². The number of halogens is 2. The number of nitrogens with two attached hydrogens (primary N) is 1. The summed E-state index contributed by atoms with van der Waals surface area (Å²) in [6.07, 6.45) is 3.11. The van der Waals surface area contributed by atoms with Crippen molar-refractivity contribution < 1.29 is 18.7 Å². The number of aliphatic hydroxyl groups excluding tert-OH is 1. The van der Waals surface area contributed by atoms with Crippen LogP contribution in [-0.2, 0) is 19.6 Å². The fourth-order valence-electron chi connectivity index (χ4n) is 3.90. The summed E-state index contributed by atoms with van der Waals surface area (Å²) in [6, 6.07) is 12.1. The number of aromatic nitrogens is 3. The van der Waals surface area contributed by atoms with Gasteiger partial charge in [-0.2, -0.15) is 0 Å². The number of aliphatic hydroxyl groups is 1. The monoisotopic (exact) mass is 491 g/mol. The lowest BCUT2D eigenvalue weighted by atomic mass is 10.1. The number of benzene rings is 2. The highest BCUT2D eigenvalue weighted by atomic mass is 35.5. The van der Waals surface area contributed by atoms with E-state index < -0.39 is 18.3 Å². The predicted molar refractivity (Wildman–Crippen MR) is 129 cm³/mol. The largest absolute Gasteiger partial charge is 0.435 e. The van der Waals surface area contributed by atoms with Crippen LogP contribution < -0.4 is 11.1 Å². The zero-order valence-corrected chi connectivity index (χ0v) is 19.0. The average molecular weight is 492 g/mol. The van der Waals surface area contributed by atoms with Crippen LogP contribution in [0.5, 0.6) is 0 Å². The molecule has 4 N–H and O–H groups in total. The number of rotatable bonds is 6. The number of hydrogen-bond acceptors (Lipinski definition) is 7. The Hall–Kier alpha value is -4.08. The quantitative estimate of drug-likeness (QED) is 0.325. The molecule has 5 rings (SSSR count). The lowest BCUT2D eigenvalue weighted by Gasteiger charge is -2.07. The molecule has 0 bridgehead atoms. The van der Waals surface area contributed by atoms with Crippen LogP contribution in [0.15, 0.2) is 59.3 Å². The topological polar surface area (TPSA) is 127 Å². The van der Waals surface area contributed by atoms with E-state index in [0.717, 1.165) is 16.3 Å². The Morgan fingerprint density at radius 1 is 1.11 bits per heavy atom. The summed E-state index contributed by atoms with van der Waals surface area (Å²) in [7, 11) is 0. The number of fused-ring (bicyclic) bond motifs is 2. The van der Waals surface area contributed by atoms with E-state index in [1.54, 1.807) is 18.3 Å². The maximum absolute atomic E-state index is 14.5. The molecule has 0 saturated heterocycles. The molecule has 176 valence electrons. The van der Waals surface area contributed by atoms with E-state index in [4.69, 9.17) is 21.8 Å². The van der Waals surface area contributed by atoms with Gasteiger partial charge in [-0.3, -0.25) is 9.78 Å². The van der Waals surface area contributed by atoms with Crippen molar-refractivity contribution in [3.8, 4) is 0 Å². The molecular weight excluding hydrogens is 473 g/mol. The first kappa shape index (κ1) is 22.7. The number of anilines is 1. The van der Waals surface area contributed by atoms with Crippen molar-refractivity contribution in [1.29, 1.82) is 0 Å². The standard InChI is InChI=1S/C25H19ClFN5O3/c26-17-9-16-6-14(7-19(27)22(16)30-11-17)8-21-32-20(12-33)23(35-21)25(34)31-10-13-1-2-18-15(5-13)3-4-29-24(18)28/h1-7,9,11,33H,8,10,12H2,(H2,28,29)(H,31,34). The third kappa shape index (κ3) is 4.64. The van der Waals surface area contributed by atoms with Gasteiger partial charge in [-0.25, -0.2) is 14.4 Å². The number of hydrogen-bond donors (Lipinski definition) is 3. The first-order chi connectivity index (χ1) is 16.9. The van der Waals surface area contributed by atoms with E-state index in [0.29, 0.717) is 21.8 Å². The van der Waals surface area contributed by atoms with Crippen LogP contribution in [0.25, 0.3) is 21.7 Å². The van der Waals surface area contributed by atoms with Crippen molar-refractivity contribution in [2.45, 2.75) is 19.6 Å². The SMILES string of the molecule is Nc1nccc2cc(CNC(=O)c3oc(Cc4cc(F)c5ncc(Cl)cc5c4)nc3CO)ccc12. The Kier molecular flexibility index (Phi) is 6.02. The number of nitrogen functional groups attached to an aromatic ring is 1. The Bertz CT molecular complexity index is 1590. The van der Waals surface area contributed by atoms with Gasteiger partial charge in [0.15, 0.2) is 5.89 Å². The van der Waals surface area contributed by atoms with Crippen molar-refractivity contribution in [1.82, 2.24) is 20.3 Å². The number of amides is 1. The first-order valence-electron chi connectivity index (χ1n) is 10.7. The highest BCUT2D eigenvalue weighted by Crippen LogP contribution is 2.24. The van der Waals surface area contributed by atoms with E-state index in [-0.39, 0.29) is 35.8 Å². The number of nitrogens with one attached hydrogen (secondary N) is 1. The second kappa shape index (κ2) is 9.28. The highest BCUT2D eigenvalue weighted by Gasteiger charge is 2.20. The zero-order chi connectivity index (χ0) is 24.5. The fraction of sp³-hybridized carbons (Fsp3) is 0.120. The van der Waals surface area contributed by atoms with Crippen LogP contribution in [-0.4, -0.2) is 26.0 Å². The van der Waals surface area contributed by atoms with Crippen LogP contribution in [0.3, 0.4) is 0 Å². The number of pyridine rings is 2. The first-order valence-corrected chi connectivity index (χ1v) is 11.0. The van der Waals surface area contributed by atoms with E-state index in [9.17, 15) is 14.3 Å². The zero-order valence-electron chi connectivity index (χ0n) is 18.3. The van der Waals surface area contributed by atoms with Gasteiger partial charge in [0.1, 0.15) is 22.8 Å². The molecule has 0 unspecified atom stereocenters. The molecule has 10 heteroatoms. The van der Waals surface area contributed by atoms with E-state index in [1.807, 2.05) is 24.3 Å². The van der Waals surface area contributed by atoms with Gasteiger partial charge in [-0.15, -0.1) is 0 Å². The van der Waals surface area contributed by atoms with Crippen molar-refractivity contribution in [2.75, 3.05) is 5.73 Å². The number of carbonyl (C=O) groups is 1. The Morgan fingerprint density at radius 3 is 2.77 bits per heavy atom. The molecule has 0 aliphatic carbocycles. The molecule has 0 saturated carbocycles. The summed E-state index contributed by atoms with van der Waals surface area (Å²) in [4.78, 5) is 25.1. The van der Waals surface area contributed by atoms with Gasteiger partial charge < -0.3 is 20.6 Å². The molecule has 3 heterocycles. The van der Waals surface area contributed by atoms with Gasteiger partial charge in [0.25, 0.3) is 5.91 Å². The normalized spacial score (nSPS) is 11.3. The highest BCUT2D eigenvalue weighted by molar-refractivity contribution is 6.31. The van der Waals surface area contributed by atoms with Gasteiger partial charge in [-0.1, -0.05) is 23.7 Å². The molecule has 0 aliphatic heterocycles. The molecule has 0 spiro atoms. The lowest BCUT2D eigenvalue weighted by Crippen LogP contribution is -2.23. The van der Waals surface area contributed by atoms with Crippen molar-refractivity contribution in [3.05, 3.63) is 94.2 Å².